The molecular formula is C11H10FN3O3S2. The monoisotopic (exact) mass is 315 g/mol. The summed E-state index contributed by atoms with van der Waals surface area (Å²) >= 11 is 1.07. The lowest BCUT2D eigenvalue weighted by molar-refractivity contribution is 0.102. The van der Waals surface area contributed by atoms with Crippen molar-refractivity contribution >= 4 is 37.9 Å². The topological polar surface area (TPSA) is 102 Å². The van der Waals surface area contributed by atoms with Gasteiger partial charge in [-0.05, 0) is 18.2 Å². The number of benzene rings is 1. The molecule has 0 radical (unpaired) electrons. The third-order valence-electron chi connectivity index (χ3n) is 2.37. The van der Waals surface area contributed by atoms with Crippen LogP contribution in [-0.4, -0.2) is 25.6 Å². The van der Waals surface area contributed by atoms with Crippen LogP contribution in [0.25, 0.3) is 0 Å². The molecule has 0 unspecified atom stereocenters. The zero-order valence-corrected chi connectivity index (χ0v) is 11.9. The van der Waals surface area contributed by atoms with Gasteiger partial charge in [0, 0.05) is 11.6 Å². The van der Waals surface area contributed by atoms with Crippen LogP contribution in [0.5, 0.6) is 0 Å². The number of hydrogen-bond acceptors (Lipinski definition) is 6. The van der Waals surface area contributed by atoms with Crippen LogP contribution in [0.2, 0.25) is 0 Å². The Morgan fingerprint density at radius 2 is 2.15 bits per heavy atom. The van der Waals surface area contributed by atoms with E-state index >= 15 is 0 Å². The van der Waals surface area contributed by atoms with E-state index in [4.69, 9.17) is 5.73 Å². The van der Waals surface area contributed by atoms with E-state index in [1.165, 1.54) is 5.38 Å². The molecule has 0 fully saturated rings. The van der Waals surface area contributed by atoms with Gasteiger partial charge in [-0.3, -0.25) is 4.79 Å². The highest BCUT2D eigenvalue weighted by atomic mass is 32.2. The van der Waals surface area contributed by atoms with Crippen molar-refractivity contribution in [3.8, 4) is 0 Å². The Hall–Kier alpha value is -2.00. The molecule has 0 saturated carbocycles. The zero-order chi connectivity index (χ0) is 14.9. The number of nitrogens with zero attached hydrogens (tertiary/aromatic N) is 1. The van der Waals surface area contributed by atoms with E-state index in [0.29, 0.717) is 0 Å². The summed E-state index contributed by atoms with van der Waals surface area (Å²) in [7, 11) is -3.49. The maximum absolute atomic E-state index is 13.6. The molecule has 9 heteroatoms. The molecule has 2 rings (SSSR count). The Morgan fingerprint density at radius 3 is 2.70 bits per heavy atom. The van der Waals surface area contributed by atoms with Gasteiger partial charge in [0.15, 0.2) is 15.0 Å². The van der Waals surface area contributed by atoms with E-state index in [1.54, 1.807) is 0 Å². The first-order chi connectivity index (χ1) is 9.27. The van der Waals surface area contributed by atoms with Gasteiger partial charge >= 0.3 is 0 Å². The van der Waals surface area contributed by atoms with Gasteiger partial charge in [-0.1, -0.05) is 0 Å². The van der Waals surface area contributed by atoms with Gasteiger partial charge in [0.2, 0.25) is 0 Å². The molecule has 106 valence electrons. The molecule has 0 atom stereocenters. The Morgan fingerprint density at radius 1 is 1.45 bits per heavy atom. The number of anilines is 2. The number of nitrogens with two attached hydrogens (primary N) is 1. The summed E-state index contributed by atoms with van der Waals surface area (Å²) in [4.78, 5) is 15.5. The van der Waals surface area contributed by atoms with Crippen LogP contribution < -0.4 is 11.1 Å². The standard InChI is InChI=1S/C11H10FN3O3S2/c1-20(17,18)6-2-3-7(12)8(4-6)14-10(16)9-5-19-11(13)15-9/h2-5H,1H3,(H2,13,15)(H,14,16). The summed E-state index contributed by atoms with van der Waals surface area (Å²) in [5, 5.41) is 3.89. The molecule has 1 aromatic carbocycles. The van der Waals surface area contributed by atoms with Crippen LogP contribution in [0, 0.1) is 5.82 Å². The van der Waals surface area contributed by atoms with Crippen LogP contribution in [-0.2, 0) is 9.84 Å². The van der Waals surface area contributed by atoms with Crippen molar-refractivity contribution in [3.05, 3.63) is 35.1 Å². The van der Waals surface area contributed by atoms with E-state index in [2.05, 4.69) is 10.3 Å². The molecule has 3 N–H and O–H groups in total. The second-order valence-corrected chi connectivity index (χ2v) is 6.84. The van der Waals surface area contributed by atoms with Crippen molar-refractivity contribution in [2.45, 2.75) is 4.90 Å². The van der Waals surface area contributed by atoms with Gasteiger partial charge in [0.25, 0.3) is 5.91 Å². The summed E-state index contributed by atoms with van der Waals surface area (Å²) in [6, 6.07) is 3.15. The summed E-state index contributed by atoms with van der Waals surface area (Å²) in [6.07, 6.45) is 0.993. The Kier molecular flexibility index (Phi) is 3.73. The van der Waals surface area contributed by atoms with Crippen molar-refractivity contribution in [2.75, 3.05) is 17.3 Å². The number of nitrogens with one attached hydrogen (secondary N) is 1. The highest BCUT2D eigenvalue weighted by Gasteiger charge is 2.15. The van der Waals surface area contributed by atoms with Crippen molar-refractivity contribution in [2.24, 2.45) is 0 Å². The maximum atomic E-state index is 13.6. The van der Waals surface area contributed by atoms with Crippen LogP contribution in [0.15, 0.2) is 28.5 Å². The number of nitrogen functional groups attached to an aromatic ring is 1. The number of rotatable bonds is 3. The third kappa shape index (κ3) is 3.11. The van der Waals surface area contributed by atoms with E-state index < -0.39 is 21.6 Å². The number of amides is 1. The minimum absolute atomic E-state index is 0.0386. The van der Waals surface area contributed by atoms with Crippen molar-refractivity contribution in [1.82, 2.24) is 4.98 Å². The normalized spacial score (nSPS) is 11.3. The number of hydrogen-bond donors (Lipinski definition) is 2. The molecule has 0 saturated heterocycles. The Labute approximate surface area is 118 Å². The lowest BCUT2D eigenvalue weighted by Gasteiger charge is -2.06. The molecule has 0 aliphatic rings. The minimum Gasteiger partial charge on any atom is -0.375 e. The SMILES string of the molecule is CS(=O)(=O)c1ccc(F)c(NC(=O)c2csc(N)n2)c1. The first kappa shape index (κ1) is 14.4. The average molecular weight is 315 g/mol. The molecule has 0 aliphatic heterocycles. The van der Waals surface area contributed by atoms with Crippen LogP contribution in [0.3, 0.4) is 0 Å². The smallest absolute Gasteiger partial charge is 0.275 e. The summed E-state index contributed by atoms with van der Waals surface area (Å²) in [6.45, 7) is 0. The number of halogens is 1. The van der Waals surface area contributed by atoms with Gasteiger partial charge in [-0.2, -0.15) is 0 Å². The van der Waals surface area contributed by atoms with E-state index in [1.807, 2.05) is 0 Å². The highest BCUT2D eigenvalue weighted by Crippen LogP contribution is 2.21. The number of thiazole rings is 1. The Balaban J connectivity index is 2.31. The summed E-state index contributed by atoms with van der Waals surface area (Å²) in [5.74, 6) is -1.41. The van der Waals surface area contributed by atoms with E-state index in [-0.39, 0.29) is 21.4 Å². The first-order valence-corrected chi connectivity index (χ1v) is 8.06. The fourth-order valence-corrected chi connectivity index (χ4v) is 2.60. The van der Waals surface area contributed by atoms with Gasteiger partial charge in [-0.25, -0.2) is 17.8 Å². The molecule has 20 heavy (non-hydrogen) atoms. The molecule has 0 bridgehead atoms. The van der Waals surface area contributed by atoms with E-state index in [9.17, 15) is 17.6 Å². The van der Waals surface area contributed by atoms with Crippen LogP contribution in [0.4, 0.5) is 15.2 Å². The lowest BCUT2D eigenvalue weighted by Crippen LogP contribution is -2.14. The minimum atomic E-state index is -3.49. The molecule has 2 aromatic rings. The summed E-state index contributed by atoms with van der Waals surface area (Å²) < 4.78 is 36.4. The third-order valence-corrected chi connectivity index (χ3v) is 4.15. The van der Waals surface area contributed by atoms with Crippen molar-refractivity contribution < 1.29 is 17.6 Å². The predicted molar refractivity (Wildman–Crippen MR) is 74.0 cm³/mol. The molecule has 1 amide bonds. The fraction of sp³-hybridized carbons (Fsp3) is 0.0909. The van der Waals surface area contributed by atoms with Gasteiger partial charge in [-0.15, -0.1) is 11.3 Å². The van der Waals surface area contributed by atoms with Gasteiger partial charge in [0.05, 0.1) is 10.6 Å². The maximum Gasteiger partial charge on any atom is 0.275 e. The number of aromatic nitrogens is 1. The molecule has 6 nitrogen and oxygen atoms in total. The van der Waals surface area contributed by atoms with Crippen LogP contribution in [0.1, 0.15) is 10.5 Å². The number of carbonyl (C=O) groups is 1. The molecule has 1 aromatic heterocycles. The Bertz CT molecular complexity index is 771. The zero-order valence-electron chi connectivity index (χ0n) is 10.3. The largest absolute Gasteiger partial charge is 0.375 e. The fourth-order valence-electron chi connectivity index (χ4n) is 1.41. The lowest BCUT2D eigenvalue weighted by atomic mass is 10.3. The second-order valence-electron chi connectivity index (χ2n) is 3.94. The average Bonchev–Trinajstić information content (AvgIpc) is 2.77. The van der Waals surface area contributed by atoms with Crippen LogP contribution >= 0.6 is 11.3 Å². The quantitative estimate of drug-likeness (QED) is 0.836. The molecule has 1 heterocycles. The highest BCUT2D eigenvalue weighted by molar-refractivity contribution is 7.90. The van der Waals surface area contributed by atoms with Crippen molar-refractivity contribution in [1.29, 1.82) is 0 Å². The summed E-state index contributed by atoms with van der Waals surface area (Å²) in [5.41, 5.74) is 5.20. The first-order valence-electron chi connectivity index (χ1n) is 5.29. The molecule has 0 spiro atoms. The number of sulfone groups is 1. The predicted octanol–water partition coefficient (Wildman–Crippen LogP) is 1.52. The van der Waals surface area contributed by atoms with Crippen molar-refractivity contribution in [3.63, 3.8) is 0 Å². The van der Waals surface area contributed by atoms with E-state index in [0.717, 1.165) is 35.8 Å². The molecule has 0 aliphatic carbocycles. The second kappa shape index (κ2) is 5.17. The van der Waals surface area contributed by atoms with Gasteiger partial charge < -0.3 is 11.1 Å². The number of carbonyl (C=O) groups excluding carboxylic acids is 1. The molecular weight excluding hydrogens is 305 g/mol. The van der Waals surface area contributed by atoms with Gasteiger partial charge in [0.1, 0.15) is 11.5 Å².